The molecule has 3 rings (SSSR count). The number of anilines is 2. The summed E-state index contributed by atoms with van der Waals surface area (Å²) in [4.78, 5) is 28.8. The van der Waals surface area contributed by atoms with Gasteiger partial charge in [0, 0.05) is 37.7 Å². The smallest absolute Gasteiger partial charge is 0.306 e. The molecular formula is C19H18ClF3N4O3. The Kier molecular flexibility index (Phi) is 6.16. The van der Waals surface area contributed by atoms with Crippen LogP contribution in [0.2, 0.25) is 5.02 Å². The molecule has 1 aromatic carbocycles. The number of aromatic nitrogens is 1. The summed E-state index contributed by atoms with van der Waals surface area (Å²) in [6, 6.07) is 4.31. The largest absolute Gasteiger partial charge is 0.356 e. The Morgan fingerprint density at radius 2 is 2.03 bits per heavy atom. The number of nitro benzene ring substituents is 1. The molecule has 0 bridgehead atoms. The van der Waals surface area contributed by atoms with Gasteiger partial charge in [-0.2, -0.15) is 4.39 Å². The van der Waals surface area contributed by atoms with E-state index >= 15 is 0 Å². The molecule has 1 aromatic heterocycles. The fraction of sp³-hybridized carbons (Fsp3) is 0.368. The van der Waals surface area contributed by atoms with Crippen molar-refractivity contribution in [1.82, 2.24) is 4.98 Å². The quantitative estimate of drug-likeness (QED) is 0.533. The number of carbonyl (C=O) groups is 1. The molecular weight excluding hydrogens is 425 g/mol. The highest BCUT2D eigenvalue weighted by Gasteiger charge is 2.33. The Bertz CT molecular complexity index is 1000. The van der Waals surface area contributed by atoms with Gasteiger partial charge >= 0.3 is 5.69 Å². The first-order valence-corrected chi connectivity index (χ1v) is 9.50. The molecule has 0 spiro atoms. The molecule has 1 saturated heterocycles. The molecule has 0 saturated carbocycles. The second-order valence-corrected chi connectivity index (χ2v) is 7.41. The van der Waals surface area contributed by atoms with Crippen LogP contribution in [0.15, 0.2) is 24.3 Å². The molecule has 0 radical (unpaired) electrons. The van der Waals surface area contributed by atoms with Crippen molar-refractivity contribution in [3.63, 3.8) is 0 Å². The summed E-state index contributed by atoms with van der Waals surface area (Å²) >= 11 is 6.12. The van der Waals surface area contributed by atoms with Crippen LogP contribution in [0.5, 0.6) is 0 Å². The van der Waals surface area contributed by atoms with Crippen molar-refractivity contribution < 1.29 is 22.9 Å². The van der Waals surface area contributed by atoms with Gasteiger partial charge in [-0.05, 0) is 31.5 Å². The average Bonchev–Trinajstić information content (AvgIpc) is 2.85. The molecule has 0 unspecified atom stereocenters. The molecule has 1 amide bonds. The van der Waals surface area contributed by atoms with Gasteiger partial charge < -0.3 is 10.2 Å². The van der Waals surface area contributed by atoms with Gasteiger partial charge in [0.15, 0.2) is 0 Å². The standard InChI is InChI=1S/C19H18ClF3N4O3/c1-11-14(20)10-13(17(24-11)26-7-2-5-19(22,23)6-8-26)18(28)25-12-3-4-15(21)16(9-12)27(29)30/h3-4,9-10H,2,5-8H2,1H3,(H,25,28). The highest BCUT2D eigenvalue weighted by molar-refractivity contribution is 6.31. The van der Waals surface area contributed by atoms with Crippen molar-refractivity contribution in [1.29, 1.82) is 0 Å². The summed E-state index contributed by atoms with van der Waals surface area (Å²) < 4.78 is 41.0. The molecule has 0 aliphatic carbocycles. The molecule has 1 N–H and O–H groups in total. The van der Waals surface area contributed by atoms with E-state index in [2.05, 4.69) is 10.3 Å². The number of amides is 1. The van der Waals surface area contributed by atoms with E-state index in [1.807, 2.05) is 0 Å². The summed E-state index contributed by atoms with van der Waals surface area (Å²) in [5, 5.41) is 13.6. The van der Waals surface area contributed by atoms with Gasteiger partial charge in [-0.15, -0.1) is 0 Å². The number of nitrogens with one attached hydrogen (secondary N) is 1. The third kappa shape index (κ3) is 4.81. The molecule has 1 aliphatic heterocycles. The zero-order chi connectivity index (χ0) is 22.1. The monoisotopic (exact) mass is 442 g/mol. The minimum atomic E-state index is -2.79. The molecule has 30 heavy (non-hydrogen) atoms. The van der Waals surface area contributed by atoms with Crippen LogP contribution in [0.25, 0.3) is 0 Å². The number of rotatable bonds is 4. The number of aryl methyl sites for hydroxylation is 1. The van der Waals surface area contributed by atoms with Crippen molar-refractivity contribution in [2.45, 2.75) is 32.1 Å². The maximum Gasteiger partial charge on any atom is 0.306 e. The van der Waals surface area contributed by atoms with Crippen molar-refractivity contribution in [3.8, 4) is 0 Å². The van der Waals surface area contributed by atoms with Crippen molar-refractivity contribution in [2.75, 3.05) is 23.3 Å². The van der Waals surface area contributed by atoms with Crippen LogP contribution in [0.1, 0.15) is 35.3 Å². The minimum Gasteiger partial charge on any atom is -0.356 e. The topological polar surface area (TPSA) is 88.4 Å². The Balaban J connectivity index is 1.93. The maximum atomic E-state index is 13.7. The van der Waals surface area contributed by atoms with Crippen molar-refractivity contribution in [3.05, 3.63) is 56.5 Å². The summed E-state index contributed by atoms with van der Waals surface area (Å²) in [6.45, 7) is 1.92. The van der Waals surface area contributed by atoms with Gasteiger partial charge in [-0.3, -0.25) is 14.9 Å². The minimum absolute atomic E-state index is 0.00172. The number of hydrogen-bond donors (Lipinski definition) is 1. The Hall–Kier alpha value is -2.88. The zero-order valence-corrected chi connectivity index (χ0v) is 16.7. The number of carbonyl (C=O) groups excluding carboxylic acids is 1. The lowest BCUT2D eigenvalue weighted by Gasteiger charge is -2.24. The molecule has 2 heterocycles. The highest BCUT2D eigenvalue weighted by atomic mass is 35.5. The molecule has 160 valence electrons. The van der Waals surface area contributed by atoms with Crippen molar-refractivity contribution in [2.24, 2.45) is 0 Å². The number of halogens is 4. The predicted molar refractivity (Wildman–Crippen MR) is 106 cm³/mol. The van der Waals surface area contributed by atoms with E-state index in [1.165, 1.54) is 12.1 Å². The van der Waals surface area contributed by atoms with Crippen LogP contribution >= 0.6 is 11.6 Å². The maximum absolute atomic E-state index is 13.7. The van der Waals surface area contributed by atoms with E-state index in [-0.39, 0.29) is 54.4 Å². The van der Waals surface area contributed by atoms with Gasteiger partial charge in [0.25, 0.3) is 5.91 Å². The van der Waals surface area contributed by atoms with Crippen LogP contribution in [0.3, 0.4) is 0 Å². The molecule has 1 aliphatic rings. The lowest BCUT2D eigenvalue weighted by atomic mass is 10.1. The van der Waals surface area contributed by atoms with Gasteiger partial charge in [0.2, 0.25) is 11.7 Å². The molecule has 7 nitrogen and oxygen atoms in total. The van der Waals surface area contributed by atoms with E-state index in [1.54, 1.807) is 11.8 Å². The second-order valence-electron chi connectivity index (χ2n) is 7.00. The normalized spacial score (nSPS) is 16.1. The van der Waals surface area contributed by atoms with Crippen LogP contribution < -0.4 is 10.2 Å². The van der Waals surface area contributed by atoms with Gasteiger partial charge in [-0.1, -0.05) is 11.6 Å². The summed E-state index contributed by atoms with van der Waals surface area (Å²) in [7, 11) is 0. The van der Waals surface area contributed by atoms with E-state index in [4.69, 9.17) is 11.6 Å². The number of nitrogens with zero attached hydrogens (tertiary/aromatic N) is 3. The number of nitro groups is 1. The van der Waals surface area contributed by atoms with Crippen LogP contribution in [0, 0.1) is 22.9 Å². The van der Waals surface area contributed by atoms with Gasteiger partial charge in [0.05, 0.1) is 21.2 Å². The predicted octanol–water partition coefficient (Wildman–Crippen LogP) is 4.97. The Morgan fingerprint density at radius 3 is 2.73 bits per heavy atom. The second kappa shape index (κ2) is 8.47. The van der Waals surface area contributed by atoms with Crippen LogP contribution in [-0.4, -0.2) is 34.8 Å². The fourth-order valence-corrected chi connectivity index (χ4v) is 3.33. The summed E-state index contributed by atoms with van der Waals surface area (Å²) in [5.74, 6) is -4.32. The molecule has 11 heteroatoms. The Labute approximate surface area is 175 Å². The van der Waals surface area contributed by atoms with E-state index in [9.17, 15) is 28.1 Å². The van der Waals surface area contributed by atoms with E-state index < -0.39 is 28.3 Å². The lowest BCUT2D eigenvalue weighted by molar-refractivity contribution is -0.387. The van der Waals surface area contributed by atoms with E-state index in [0.29, 0.717) is 5.69 Å². The van der Waals surface area contributed by atoms with Crippen molar-refractivity contribution >= 4 is 34.7 Å². The van der Waals surface area contributed by atoms with Gasteiger partial charge in [-0.25, -0.2) is 13.8 Å². The average molecular weight is 443 g/mol. The summed E-state index contributed by atoms with van der Waals surface area (Å²) in [6.07, 6.45) is -0.403. The first kappa shape index (κ1) is 21.8. The summed E-state index contributed by atoms with van der Waals surface area (Å²) in [5.41, 5.74) is -0.333. The number of hydrogen-bond acceptors (Lipinski definition) is 5. The SMILES string of the molecule is Cc1nc(N2CCCC(F)(F)CC2)c(C(=O)Nc2ccc(F)c([N+](=O)[O-])c2)cc1Cl. The third-order valence-corrected chi connectivity index (χ3v) is 5.18. The number of alkyl halides is 2. The Morgan fingerprint density at radius 1 is 1.30 bits per heavy atom. The van der Waals surface area contributed by atoms with E-state index in [0.717, 1.165) is 12.1 Å². The van der Waals surface area contributed by atoms with Gasteiger partial charge in [0.1, 0.15) is 5.82 Å². The molecule has 2 aromatic rings. The van der Waals surface area contributed by atoms with Crippen LogP contribution in [-0.2, 0) is 0 Å². The lowest BCUT2D eigenvalue weighted by Crippen LogP contribution is -2.29. The molecule has 1 fully saturated rings. The zero-order valence-electron chi connectivity index (χ0n) is 15.9. The fourth-order valence-electron chi connectivity index (χ4n) is 3.18. The number of benzene rings is 1. The van der Waals surface area contributed by atoms with Crippen LogP contribution in [0.4, 0.5) is 30.4 Å². The molecule has 0 atom stereocenters. The first-order chi connectivity index (χ1) is 14.1. The first-order valence-electron chi connectivity index (χ1n) is 9.12. The third-order valence-electron chi connectivity index (χ3n) is 4.79. The number of pyridine rings is 1. The highest BCUT2D eigenvalue weighted by Crippen LogP contribution is 2.32.